The van der Waals surface area contributed by atoms with E-state index >= 15 is 0 Å². The van der Waals surface area contributed by atoms with Gasteiger partial charge in [-0.15, -0.1) is 13.2 Å². The molecule has 0 saturated heterocycles. The molecule has 0 unspecified atom stereocenters. The van der Waals surface area contributed by atoms with Crippen LogP contribution in [0, 0.1) is 5.41 Å². The highest BCUT2D eigenvalue weighted by atomic mass is 19.4. The Labute approximate surface area is 103 Å². The quantitative estimate of drug-likeness (QED) is 0.888. The molecule has 0 amide bonds. The Morgan fingerprint density at radius 3 is 2.33 bits per heavy atom. The predicted molar refractivity (Wildman–Crippen MR) is 59.5 cm³/mol. The van der Waals surface area contributed by atoms with E-state index in [1.165, 1.54) is 18.2 Å². The minimum Gasteiger partial charge on any atom is -0.493 e. The van der Waals surface area contributed by atoms with Gasteiger partial charge in [0.1, 0.15) is 11.5 Å². The van der Waals surface area contributed by atoms with Crippen LogP contribution >= 0.6 is 0 Å². The molecule has 0 aromatic heterocycles. The number of ether oxygens (including phenoxy) is 2. The average molecular weight is 264 g/mol. The van der Waals surface area contributed by atoms with Crippen molar-refractivity contribution in [1.29, 1.82) is 0 Å². The van der Waals surface area contributed by atoms with Crippen LogP contribution in [-0.2, 0) is 0 Å². The number of rotatable bonds is 5. The summed E-state index contributed by atoms with van der Waals surface area (Å²) in [7, 11) is 0. The zero-order valence-corrected chi connectivity index (χ0v) is 10.1. The van der Waals surface area contributed by atoms with Crippen LogP contribution in [0.5, 0.6) is 11.5 Å². The first-order chi connectivity index (χ1) is 8.22. The van der Waals surface area contributed by atoms with Crippen molar-refractivity contribution in [1.82, 2.24) is 0 Å². The Hall–Kier alpha value is -1.43. The lowest BCUT2D eigenvalue weighted by atomic mass is 9.97. The first-order valence-electron chi connectivity index (χ1n) is 5.31. The number of hydrogen-bond donors (Lipinski definition) is 1. The molecule has 0 atom stereocenters. The van der Waals surface area contributed by atoms with Gasteiger partial charge in [0, 0.05) is 11.5 Å². The number of alkyl halides is 3. The summed E-state index contributed by atoms with van der Waals surface area (Å²) in [6, 6.07) is 5.28. The fourth-order valence-corrected chi connectivity index (χ4v) is 1.09. The molecule has 102 valence electrons. The first-order valence-corrected chi connectivity index (χ1v) is 5.31. The van der Waals surface area contributed by atoms with Crippen LogP contribution in [-0.4, -0.2) is 24.7 Å². The molecular weight excluding hydrogens is 249 g/mol. The smallest absolute Gasteiger partial charge is 0.493 e. The van der Waals surface area contributed by atoms with Gasteiger partial charge in [0.05, 0.1) is 13.2 Å². The van der Waals surface area contributed by atoms with Crippen LogP contribution in [0.1, 0.15) is 13.8 Å². The van der Waals surface area contributed by atoms with Crippen molar-refractivity contribution in [3.63, 3.8) is 0 Å². The van der Waals surface area contributed by atoms with Gasteiger partial charge in [-0.05, 0) is 12.1 Å². The van der Waals surface area contributed by atoms with Gasteiger partial charge < -0.3 is 14.6 Å². The summed E-state index contributed by atoms with van der Waals surface area (Å²) in [6.45, 7) is 3.68. The third-order valence-electron chi connectivity index (χ3n) is 2.10. The van der Waals surface area contributed by atoms with Gasteiger partial charge in [-0.25, -0.2) is 0 Å². The number of aliphatic hydroxyl groups is 1. The number of halogens is 3. The third-order valence-corrected chi connectivity index (χ3v) is 2.10. The van der Waals surface area contributed by atoms with E-state index in [2.05, 4.69) is 4.74 Å². The Morgan fingerprint density at radius 1 is 1.17 bits per heavy atom. The van der Waals surface area contributed by atoms with Gasteiger partial charge in [0.25, 0.3) is 0 Å². The Morgan fingerprint density at radius 2 is 1.78 bits per heavy atom. The van der Waals surface area contributed by atoms with Crippen LogP contribution in [0.3, 0.4) is 0 Å². The molecule has 1 rings (SSSR count). The molecule has 0 radical (unpaired) electrons. The van der Waals surface area contributed by atoms with Crippen LogP contribution in [0.15, 0.2) is 24.3 Å². The molecule has 1 aromatic rings. The van der Waals surface area contributed by atoms with Gasteiger partial charge in [0.15, 0.2) is 0 Å². The Kier molecular flexibility index (Phi) is 4.45. The molecule has 1 aromatic carbocycles. The maximum atomic E-state index is 12.0. The monoisotopic (exact) mass is 264 g/mol. The third kappa shape index (κ3) is 5.27. The molecule has 0 aliphatic carbocycles. The lowest BCUT2D eigenvalue weighted by Gasteiger charge is -2.21. The summed E-state index contributed by atoms with van der Waals surface area (Å²) < 4.78 is 45.1. The van der Waals surface area contributed by atoms with Gasteiger partial charge in [-0.3, -0.25) is 0 Å². The minimum atomic E-state index is -4.72. The normalized spacial score (nSPS) is 12.3. The van der Waals surface area contributed by atoms with Gasteiger partial charge in [0.2, 0.25) is 0 Å². The lowest BCUT2D eigenvalue weighted by molar-refractivity contribution is -0.274. The highest BCUT2D eigenvalue weighted by Gasteiger charge is 2.31. The molecular formula is C12H15F3O3. The van der Waals surface area contributed by atoms with Gasteiger partial charge in [-0.2, -0.15) is 0 Å². The zero-order chi connectivity index (χ0) is 13.8. The molecule has 0 spiro atoms. The minimum absolute atomic E-state index is 0.0776. The zero-order valence-electron chi connectivity index (χ0n) is 10.1. The van der Waals surface area contributed by atoms with E-state index in [1.807, 2.05) is 0 Å². The molecule has 0 bridgehead atoms. The largest absolute Gasteiger partial charge is 0.573 e. The van der Waals surface area contributed by atoms with Gasteiger partial charge >= 0.3 is 6.36 Å². The average Bonchev–Trinajstić information content (AvgIpc) is 2.25. The molecule has 0 saturated carbocycles. The highest BCUT2D eigenvalue weighted by molar-refractivity contribution is 5.33. The summed E-state index contributed by atoms with van der Waals surface area (Å²) in [4.78, 5) is 0. The second-order valence-corrected chi connectivity index (χ2v) is 4.63. The molecule has 0 aliphatic rings. The van der Waals surface area contributed by atoms with E-state index in [4.69, 9.17) is 9.84 Å². The number of benzene rings is 1. The first kappa shape index (κ1) is 14.6. The van der Waals surface area contributed by atoms with Crippen LogP contribution in [0.4, 0.5) is 13.2 Å². The number of aliphatic hydroxyl groups excluding tert-OH is 1. The topological polar surface area (TPSA) is 38.7 Å². The second kappa shape index (κ2) is 5.48. The summed E-state index contributed by atoms with van der Waals surface area (Å²) in [5, 5.41) is 9.03. The second-order valence-electron chi connectivity index (χ2n) is 4.63. The summed E-state index contributed by atoms with van der Waals surface area (Å²) >= 11 is 0. The van der Waals surface area contributed by atoms with E-state index in [9.17, 15) is 13.2 Å². The van der Waals surface area contributed by atoms with E-state index in [-0.39, 0.29) is 24.7 Å². The Balaban J connectivity index is 2.65. The SMILES string of the molecule is CC(C)(CO)COc1cccc(OC(F)(F)F)c1. The van der Waals surface area contributed by atoms with Gasteiger partial charge in [-0.1, -0.05) is 19.9 Å². The highest BCUT2D eigenvalue weighted by Crippen LogP contribution is 2.27. The predicted octanol–water partition coefficient (Wildman–Crippen LogP) is 2.98. The van der Waals surface area contributed by atoms with Crippen molar-refractivity contribution in [3.8, 4) is 11.5 Å². The van der Waals surface area contributed by atoms with Crippen molar-refractivity contribution in [2.24, 2.45) is 5.41 Å². The maximum Gasteiger partial charge on any atom is 0.573 e. The van der Waals surface area contributed by atoms with E-state index in [0.29, 0.717) is 0 Å². The van der Waals surface area contributed by atoms with E-state index < -0.39 is 11.8 Å². The summed E-state index contributed by atoms with van der Waals surface area (Å²) in [5.41, 5.74) is -0.457. The van der Waals surface area contributed by atoms with Crippen molar-refractivity contribution in [2.75, 3.05) is 13.2 Å². The molecule has 0 aliphatic heterocycles. The fourth-order valence-electron chi connectivity index (χ4n) is 1.09. The van der Waals surface area contributed by atoms with Crippen LogP contribution < -0.4 is 9.47 Å². The molecule has 18 heavy (non-hydrogen) atoms. The standard InChI is InChI=1S/C12H15F3O3/c1-11(2,7-16)8-17-9-4-3-5-10(6-9)18-12(13,14)15/h3-6,16H,7-8H2,1-2H3. The molecule has 0 fully saturated rings. The maximum absolute atomic E-state index is 12.0. The fraction of sp³-hybridized carbons (Fsp3) is 0.500. The molecule has 6 heteroatoms. The van der Waals surface area contributed by atoms with Crippen LogP contribution in [0.25, 0.3) is 0 Å². The van der Waals surface area contributed by atoms with Crippen molar-refractivity contribution in [3.05, 3.63) is 24.3 Å². The molecule has 1 N–H and O–H groups in total. The molecule has 0 heterocycles. The van der Waals surface area contributed by atoms with Crippen molar-refractivity contribution < 1.29 is 27.8 Å². The molecule has 3 nitrogen and oxygen atoms in total. The van der Waals surface area contributed by atoms with Crippen molar-refractivity contribution in [2.45, 2.75) is 20.2 Å². The van der Waals surface area contributed by atoms with Crippen molar-refractivity contribution >= 4 is 0 Å². The summed E-state index contributed by atoms with van der Waals surface area (Å²) in [5.74, 6) is -0.0694. The number of hydrogen-bond acceptors (Lipinski definition) is 3. The van der Waals surface area contributed by atoms with E-state index in [1.54, 1.807) is 13.8 Å². The van der Waals surface area contributed by atoms with E-state index in [0.717, 1.165) is 6.07 Å². The lowest BCUT2D eigenvalue weighted by Crippen LogP contribution is -2.25. The Bertz CT molecular complexity index is 388. The summed E-state index contributed by atoms with van der Waals surface area (Å²) in [6.07, 6.45) is -4.72. The van der Waals surface area contributed by atoms with Crippen LogP contribution in [0.2, 0.25) is 0 Å².